The number of hydrogen-bond acceptors (Lipinski definition) is 8. The van der Waals surface area contributed by atoms with Crippen LogP contribution in [0.25, 0.3) is 5.82 Å². The van der Waals surface area contributed by atoms with Gasteiger partial charge in [0, 0.05) is 24.5 Å². The molecule has 0 atom stereocenters. The molecule has 3 heterocycles. The standard InChI is InChI=1S/C18H20FN5O4S/c1-4-23-15(8-25)22-24(18(23)27)16-13(19)6-12(17(21-16)28-10(2)3)14(26)5-11-7-20-29-9-11/h6-7,9-10,25H,4-5,8H2,1-3H3. The summed E-state index contributed by atoms with van der Waals surface area (Å²) in [6.07, 6.45) is 1.25. The maximum atomic E-state index is 14.9. The van der Waals surface area contributed by atoms with Crippen LogP contribution in [0.2, 0.25) is 0 Å². The molecule has 0 saturated heterocycles. The molecule has 0 amide bonds. The minimum Gasteiger partial charge on any atom is -0.474 e. The lowest BCUT2D eigenvalue weighted by molar-refractivity contribution is 0.0985. The van der Waals surface area contributed by atoms with Crippen LogP contribution in [0.4, 0.5) is 4.39 Å². The van der Waals surface area contributed by atoms with Gasteiger partial charge >= 0.3 is 5.69 Å². The maximum Gasteiger partial charge on any atom is 0.352 e. The number of ketones is 1. The van der Waals surface area contributed by atoms with E-state index in [-0.39, 0.29) is 42.1 Å². The van der Waals surface area contributed by atoms with Gasteiger partial charge < -0.3 is 9.84 Å². The topological polar surface area (TPSA) is 112 Å². The van der Waals surface area contributed by atoms with Crippen molar-refractivity contribution >= 4 is 17.3 Å². The Morgan fingerprint density at radius 2 is 2.17 bits per heavy atom. The van der Waals surface area contributed by atoms with Crippen LogP contribution in [0.1, 0.15) is 42.5 Å². The number of ether oxygens (including phenoxy) is 1. The van der Waals surface area contributed by atoms with Crippen molar-refractivity contribution in [1.82, 2.24) is 23.7 Å². The molecular weight excluding hydrogens is 401 g/mol. The molecule has 0 aliphatic carbocycles. The molecule has 9 nitrogen and oxygen atoms in total. The number of aromatic nitrogens is 5. The molecule has 0 radical (unpaired) electrons. The van der Waals surface area contributed by atoms with Crippen LogP contribution in [-0.4, -0.2) is 40.7 Å². The molecule has 3 aromatic rings. The number of Topliss-reactive ketones (excluding diaryl/α,β-unsaturated/α-hetero) is 1. The largest absolute Gasteiger partial charge is 0.474 e. The average molecular weight is 421 g/mol. The zero-order chi connectivity index (χ0) is 21.1. The molecule has 154 valence electrons. The highest BCUT2D eigenvalue weighted by molar-refractivity contribution is 7.03. The summed E-state index contributed by atoms with van der Waals surface area (Å²) < 4.78 is 26.4. The number of aliphatic hydroxyl groups excluding tert-OH is 1. The van der Waals surface area contributed by atoms with E-state index >= 15 is 0 Å². The fraction of sp³-hybridized carbons (Fsp3) is 0.389. The van der Waals surface area contributed by atoms with Crippen molar-refractivity contribution in [3.63, 3.8) is 0 Å². The van der Waals surface area contributed by atoms with Crippen LogP contribution in [0.3, 0.4) is 0 Å². The zero-order valence-electron chi connectivity index (χ0n) is 16.1. The smallest absolute Gasteiger partial charge is 0.352 e. The molecule has 0 fully saturated rings. The molecule has 0 aliphatic rings. The van der Waals surface area contributed by atoms with E-state index in [0.29, 0.717) is 5.56 Å². The van der Waals surface area contributed by atoms with E-state index in [9.17, 15) is 19.1 Å². The van der Waals surface area contributed by atoms with Gasteiger partial charge in [0.25, 0.3) is 0 Å². The first-order valence-corrected chi connectivity index (χ1v) is 9.77. The third-order valence-corrected chi connectivity index (χ3v) is 4.65. The Hall–Kier alpha value is -2.92. The second-order valence-electron chi connectivity index (χ2n) is 6.46. The molecule has 29 heavy (non-hydrogen) atoms. The van der Waals surface area contributed by atoms with Gasteiger partial charge in [-0.25, -0.2) is 13.6 Å². The molecule has 0 saturated carbocycles. The lowest BCUT2D eigenvalue weighted by atomic mass is 10.1. The first-order valence-electron chi connectivity index (χ1n) is 8.94. The molecule has 1 N–H and O–H groups in total. The van der Waals surface area contributed by atoms with Crippen molar-refractivity contribution in [2.24, 2.45) is 0 Å². The van der Waals surface area contributed by atoms with E-state index in [2.05, 4.69) is 14.5 Å². The third-order valence-electron chi connectivity index (χ3n) is 4.02. The summed E-state index contributed by atoms with van der Waals surface area (Å²) in [6.45, 7) is 4.94. The first-order chi connectivity index (χ1) is 13.8. The van der Waals surface area contributed by atoms with Gasteiger partial charge in [-0.05, 0) is 43.9 Å². The Morgan fingerprint density at radius 3 is 2.72 bits per heavy atom. The fourth-order valence-corrected chi connectivity index (χ4v) is 3.27. The highest BCUT2D eigenvalue weighted by Crippen LogP contribution is 2.24. The Labute approximate surface area is 169 Å². The van der Waals surface area contributed by atoms with Crippen molar-refractivity contribution < 1.29 is 19.0 Å². The van der Waals surface area contributed by atoms with Gasteiger partial charge in [-0.2, -0.15) is 9.67 Å². The second-order valence-corrected chi connectivity index (χ2v) is 7.12. The summed E-state index contributed by atoms with van der Waals surface area (Å²) in [5, 5.41) is 15.1. The van der Waals surface area contributed by atoms with E-state index in [1.807, 2.05) is 0 Å². The van der Waals surface area contributed by atoms with Gasteiger partial charge in [-0.1, -0.05) is 0 Å². The van der Waals surface area contributed by atoms with Crippen LogP contribution >= 0.6 is 11.5 Å². The lowest BCUT2D eigenvalue weighted by Crippen LogP contribution is -2.26. The predicted octanol–water partition coefficient (Wildman–Crippen LogP) is 1.75. The normalized spacial score (nSPS) is 11.2. The summed E-state index contributed by atoms with van der Waals surface area (Å²) >= 11 is 1.21. The highest BCUT2D eigenvalue weighted by Gasteiger charge is 2.24. The summed E-state index contributed by atoms with van der Waals surface area (Å²) in [5.41, 5.74) is 0.0175. The number of carbonyl (C=O) groups excluding carboxylic acids is 1. The number of carbonyl (C=O) groups is 1. The van der Waals surface area contributed by atoms with Gasteiger partial charge in [0.2, 0.25) is 5.88 Å². The lowest BCUT2D eigenvalue weighted by Gasteiger charge is -2.14. The number of nitrogens with zero attached hydrogens (tertiary/aromatic N) is 5. The van der Waals surface area contributed by atoms with Crippen LogP contribution in [0.5, 0.6) is 5.88 Å². The summed E-state index contributed by atoms with van der Waals surface area (Å²) in [5.74, 6) is -1.70. The molecule has 0 spiro atoms. The average Bonchev–Trinajstić information content (AvgIpc) is 3.29. The Balaban J connectivity index is 2.10. The summed E-state index contributed by atoms with van der Waals surface area (Å²) in [4.78, 5) is 29.3. The van der Waals surface area contributed by atoms with Crippen molar-refractivity contribution in [2.75, 3.05) is 0 Å². The van der Waals surface area contributed by atoms with Gasteiger partial charge in [-0.3, -0.25) is 9.36 Å². The molecule has 3 aromatic heterocycles. The molecule has 3 rings (SSSR count). The Bertz CT molecular complexity index is 1070. The SMILES string of the molecule is CCn1c(CO)nn(-c2nc(OC(C)C)c(C(=O)Cc3cnsc3)cc2F)c1=O. The Kier molecular flexibility index (Phi) is 6.18. The monoisotopic (exact) mass is 421 g/mol. The van der Waals surface area contributed by atoms with Crippen molar-refractivity contribution in [1.29, 1.82) is 0 Å². The van der Waals surface area contributed by atoms with Crippen molar-refractivity contribution in [3.05, 3.63) is 50.9 Å². The second kappa shape index (κ2) is 8.62. The highest BCUT2D eigenvalue weighted by atomic mass is 32.1. The minimum absolute atomic E-state index is 0.0183. The number of aliphatic hydroxyl groups is 1. The van der Waals surface area contributed by atoms with E-state index in [1.165, 1.54) is 16.1 Å². The van der Waals surface area contributed by atoms with Crippen LogP contribution in [0.15, 0.2) is 22.4 Å². The van der Waals surface area contributed by atoms with E-state index < -0.39 is 23.9 Å². The first kappa shape index (κ1) is 20.8. The predicted molar refractivity (Wildman–Crippen MR) is 103 cm³/mol. The maximum absolute atomic E-state index is 14.9. The number of rotatable bonds is 8. The third kappa shape index (κ3) is 4.25. The zero-order valence-corrected chi connectivity index (χ0v) is 16.9. The van der Waals surface area contributed by atoms with E-state index in [1.54, 1.807) is 32.3 Å². The summed E-state index contributed by atoms with van der Waals surface area (Å²) in [6, 6.07) is 0.998. The Morgan fingerprint density at radius 1 is 1.41 bits per heavy atom. The number of pyridine rings is 1. The van der Waals surface area contributed by atoms with Crippen LogP contribution in [0, 0.1) is 5.82 Å². The van der Waals surface area contributed by atoms with Gasteiger partial charge in [0.1, 0.15) is 6.61 Å². The van der Waals surface area contributed by atoms with E-state index in [4.69, 9.17) is 4.74 Å². The van der Waals surface area contributed by atoms with Crippen LogP contribution in [-0.2, 0) is 19.6 Å². The van der Waals surface area contributed by atoms with Gasteiger partial charge in [0.15, 0.2) is 23.2 Å². The number of hydrogen-bond donors (Lipinski definition) is 1. The molecule has 0 aromatic carbocycles. The summed E-state index contributed by atoms with van der Waals surface area (Å²) in [7, 11) is 0. The van der Waals surface area contributed by atoms with E-state index in [0.717, 1.165) is 10.7 Å². The van der Waals surface area contributed by atoms with Crippen molar-refractivity contribution in [3.8, 4) is 11.7 Å². The van der Waals surface area contributed by atoms with Gasteiger partial charge in [0.05, 0.1) is 11.7 Å². The quantitative estimate of drug-likeness (QED) is 0.552. The molecular formula is C18H20FN5O4S. The van der Waals surface area contributed by atoms with Crippen molar-refractivity contribution in [2.45, 2.75) is 46.4 Å². The molecule has 0 aliphatic heterocycles. The molecule has 0 bridgehead atoms. The number of halogens is 1. The molecule has 11 heteroatoms. The van der Waals surface area contributed by atoms with Gasteiger partial charge in [-0.15, -0.1) is 5.10 Å². The van der Waals surface area contributed by atoms with Crippen LogP contribution < -0.4 is 10.4 Å². The minimum atomic E-state index is -0.903. The molecule has 0 unspecified atom stereocenters. The fourth-order valence-electron chi connectivity index (χ4n) is 2.73.